The largest absolute Gasteiger partial charge is 0.523 e. The topological polar surface area (TPSA) is 61.1 Å². The van der Waals surface area contributed by atoms with E-state index in [4.69, 9.17) is 10.2 Å². The zero-order valence-corrected chi connectivity index (χ0v) is 5.43. The molecule has 0 spiro atoms. The molecular weight excluding hydrogens is 125 g/mol. The molecule has 44 valence electrons. The number of hydrogen-bond acceptors (Lipinski definition) is 2. The zero-order valence-electron chi connectivity index (χ0n) is 4.53. The van der Waals surface area contributed by atoms with E-state index in [-0.39, 0.29) is 0 Å². The zero-order chi connectivity index (χ0) is 6.57. The second-order valence-corrected chi connectivity index (χ2v) is 2.58. The van der Waals surface area contributed by atoms with Crippen molar-refractivity contribution in [3.05, 3.63) is 0 Å². The summed E-state index contributed by atoms with van der Waals surface area (Å²) in [7, 11) is -2.28. The molecule has 0 aromatic rings. The molecule has 0 aromatic carbocycles. The fourth-order valence-corrected chi connectivity index (χ4v) is 0.708. The quantitative estimate of drug-likeness (QED) is 0.570. The van der Waals surface area contributed by atoms with Crippen LogP contribution in [0.25, 0.3) is 0 Å². The van der Waals surface area contributed by atoms with Gasteiger partial charge in [0.2, 0.25) is 0 Å². The molecule has 0 aromatic heterocycles. The lowest BCUT2D eigenvalue weighted by atomic mass is 10.4. The average molecular weight is 132 g/mol. The third-order valence-corrected chi connectivity index (χ3v) is 1.82. The van der Waals surface area contributed by atoms with Crippen LogP contribution >= 0.6 is 8.03 Å². The average Bonchev–Trinajstić information content (AvgIpc) is 1.69. The van der Waals surface area contributed by atoms with Crippen LogP contribution < -0.4 is 0 Å². The molecule has 0 aliphatic carbocycles. The lowest BCUT2D eigenvalue weighted by Gasteiger charge is -1.81. The summed E-state index contributed by atoms with van der Waals surface area (Å²) >= 11 is 0. The Bertz CT molecular complexity index is 128. The van der Waals surface area contributed by atoms with E-state index in [0.29, 0.717) is 6.42 Å². The fourth-order valence-electron chi connectivity index (χ4n) is 0.297. The van der Waals surface area contributed by atoms with Gasteiger partial charge in [0.25, 0.3) is 5.66 Å². The summed E-state index contributed by atoms with van der Waals surface area (Å²) in [5.41, 5.74) is -0.676. The molecule has 0 rings (SSSR count). The first-order chi connectivity index (χ1) is 3.72. The van der Waals surface area contributed by atoms with Crippen LogP contribution in [0.1, 0.15) is 13.3 Å². The normalized spacial score (nSPS) is 14.4. The molecular formula is C4H7NO2P+. The predicted octanol–water partition coefficient (Wildman–Crippen LogP) is 1.02. The summed E-state index contributed by atoms with van der Waals surface area (Å²) in [6, 6.07) is 1.72. The molecule has 3 nitrogen and oxygen atoms in total. The van der Waals surface area contributed by atoms with E-state index >= 15 is 0 Å². The van der Waals surface area contributed by atoms with E-state index < -0.39 is 13.7 Å². The van der Waals surface area contributed by atoms with E-state index in [1.165, 1.54) is 0 Å². The standard InChI is InChI=1S/C4H6NO2P/c1-2-4(3-5)8(6)7/h4H,2H2,1H3/p+1. The highest BCUT2D eigenvalue weighted by atomic mass is 31.1. The van der Waals surface area contributed by atoms with Gasteiger partial charge in [-0.2, -0.15) is 10.2 Å². The molecule has 0 amide bonds. The minimum absolute atomic E-state index is 0.447. The molecule has 0 aliphatic rings. The maximum atomic E-state index is 10.1. The Morgan fingerprint density at radius 1 is 2.00 bits per heavy atom. The van der Waals surface area contributed by atoms with Crippen molar-refractivity contribution < 1.29 is 9.46 Å². The van der Waals surface area contributed by atoms with Gasteiger partial charge in [0, 0.05) is 6.42 Å². The third kappa shape index (κ3) is 2.02. The van der Waals surface area contributed by atoms with Crippen molar-refractivity contribution in [3.63, 3.8) is 0 Å². The maximum Gasteiger partial charge on any atom is 0.523 e. The van der Waals surface area contributed by atoms with Gasteiger partial charge in [0.15, 0.2) is 0 Å². The minimum atomic E-state index is -2.28. The number of nitriles is 1. The van der Waals surface area contributed by atoms with E-state index in [9.17, 15) is 4.57 Å². The highest BCUT2D eigenvalue weighted by Gasteiger charge is 2.25. The highest BCUT2D eigenvalue weighted by molar-refractivity contribution is 7.39. The molecule has 0 bridgehead atoms. The fraction of sp³-hybridized carbons (Fsp3) is 0.750. The first kappa shape index (κ1) is 7.55. The number of rotatable bonds is 2. The molecule has 0 saturated heterocycles. The van der Waals surface area contributed by atoms with E-state index in [2.05, 4.69) is 0 Å². The first-order valence-electron chi connectivity index (χ1n) is 2.27. The summed E-state index contributed by atoms with van der Waals surface area (Å²) in [5, 5.41) is 8.10. The van der Waals surface area contributed by atoms with E-state index in [0.717, 1.165) is 0 Å². The minimum Gasteiger partial charge on any atom is -0.193 e. The molecule has 8 heavy (non-hydrogen) atoms. The van der Waals surface area contributed by atoms with Crippen molar-refractivity contribution >= 4 is 8.03 Å². The highest BCUT2D eigenvalue weighted by Crippen LogP contribution is 2.23. The van der Waals surface area contributed by atoms with Crippen LogP contribution in [0.2, 0.25) is 0 Å². The Morgan fingerprint density at radius 2 is 2.50 bits per heavy atom. The molecule has 0 fully saturated rings. The van der Waals surface area contributed by atoms with Crippen LogP contribution in [0.3, 0.4) is 0 Å². The van der Waals surface area contributed by atoms with Crippen LogP contribution in [-0.4, -0.2) is 10.6 Å². The molecule has 2 atom stereocenters. The second-order valence-electron chi connectivity index (χ2n) is 1.36. The SMILES string of the molecule is CCC(C#N)[P+](=O)O. The molecule has 1 N–H and O–H groups in total. The summed E-state index contributed by atoms with van der Waals surface area (Å²) < 4.78 is 10.1. The van der Waals surface area contributed by atoms with Gasteiger partial charge in [-0.15, -0.1) is 0 Å². The monoisotopic (exact) mass is 132 g/mol. The summed E-state index contributed by atoms with van der Waals surface area (Å²) in [6.07, 6.45) is 0.447. The van der Waals surface area contributed by atoms with Crippen molar-refractivity contribution in [1.29, 1.82) is 5.26 Å². The van der Waals surface area contributed by atoms with Gasteiger partial charge < -0.3 is 0 Å². The van der Waals surface area contributed by atoms with Crippen molar-refractivity contribution in [2.24, 2.45) is 0 Å². The molecule has 0 heterocycles. The first-order valence-corrected chi connectivity index (χ1v) is 3.55. The predicted molar refractivity (Wildman–Crippen MR) is 29.5 cm³/mol. The Balaban J connectivity index is 3.76. The van der Waals surface area contributed by atoms with Gasteiger partial charge in [0.05, 0.1) is 0 Å². The lowest BCUT2D eigenvalue weighted by Crippen LogP contribution is -1.93. The molecule has 4 heteroatoms. The lowest BCUT2D eigenvalue weighted by molar-refractivity contribution is 0.495. The van der Waals surface area contributed by atoms with Crippen LogP contribution in [0.15, 0.2) is 0 Å². The van der Waals surface area contributed by atoms with E-state index in [1.54, 1.807) is 13.0 Å². The summed E-state index contributed by atoms with van der Waals surface area (Å²) in [6.45, 7) is 1.71. The van der Waals surface area contributed by atoms with Crippen LogP contribution in [0.5, 0.6) is 0 Å². The van der Waals surface area contributed by atoms with Gasteiger partial charge in [-0.05, 0) is 4.57 Å². The van der Waals surface area contributed by atoms with Crippen molar-refractivity contribution in [2.45, 2.75) is 19.0 Å². The van der Waals surface area contributed by atoms with Crippen LogP contribution in [-0.2, 0) is 4.57 Å². The molecule has 2 unspecified atom stereocenters. The van der Waals surface area contributed by atoms with Gasteiger partial charge >= 0.3 is 8.03 Å². The Hall–Kier alpha value is -0.450. The maximum absolute atomic E-state index is 10.1. The second kappa shape index (κ2) is 3.54. The van der Waals surface area contributed by atoms with Gasteiger partial charge in [-0.3, -0.25) is 0 Å². The van der Waals surface area contributed by atoms with Crippen molar-refractivity contribution in [1.82, 2.24) is 0 Å². The Labute approximate surface area is 48.8 Å². The van der Waals surface area contributed by atoms with Crippen LogP contribution in [0.4, 0.5) is 0 Å². The Kier molecular flexibility index (Phi) is 3.34. The Morgan fingerprint density at radius 3 is 2.50 bits per heavy atom. The molecule has 0 aliphatic heterocycles. The van der Waals surface area contributed by atoms with Gasteiger partial charge in [-0.25, -0.2) is 0 Å². The molecule has 0 saturated carbocycles. The smallest absolute Gasteiger partial charge is 0.193 e. The van der Waals surface area contributed by atoms with Crippen LogP contribution in [0, 0.1) is 11.3 Å². The summed E-state index contributed by atoms with van der Waals surface area (Å²) in [5.74, 6) is 0. The van der Waals surface area contributed by atoms with Gasteiger partial charge in [-0.1, -0.05) is 6.92 Å². The number of nitrogens with zero attached hydrogens (tertiary/aromatic N) is 1. The summed E-state index contributed by atoms with van der Waals surface area (Å²) in [4.78, 5) is 8.30. The third-order valence-electron chi connectivity index (χ3n) is 0.802. The van der Waals surface area contributed by atoms with Gasteiger partial charge in [0.1, 0.15) is 6.07 Å². The van der Waals surface area contributed by atoms with E-state index in [1.807, 2.05) is 0 Å². The number of hydrogen-bond donors (Lipinski definition) is 1. The van der Waals surface area contributed by atoms with Crippen molar-refractivity contribution in [2.75, 3.05) is 0 Å². The molecule has 0 radical (unpaired) electrons. The van der Waals surface area contributed by atoms with Crippen molar-refractivity contribution in [3.8, 4) is 6.07 Å².